The van der Waals surface area contributed by atoms with Crippen molar-refractivity contribution >= 4 is 0 Å². The van der Waals surface area contributed by atoms with E-state index in [4.69, 9.17) is 15.3 Å². The average Bonchev–Trinajstić information content (AvgIpc) is 2.27. The molecule has 0 unspecified atom stereocenters. The normalized spacial score (nSPS) is 19.1. The first-order valence-corrected chi connectivity index (χ1v) is 4.84. The molecule has 0 radical (unpaired) electrons. The molecule has 3 heteroatoms. The predicted molar refractivity (Wildman–Crippen MR) is 52.1 cm³/mol. The summed E-state index contributed by atoms with van der Waals surface area (Å²) in [6.07, 6.45) is 6.94. The van der Waals surface area contributed by atoms with Crippen LogP contribution in [0.3, 0.4) is 0 Å². The van der Waals surface area contributed by atoms with Gasteiger partial charge in [0.05, 0.1) is 5.60 Å². The van der Waals surface area contributed by atoms with E-state index in [1.165, 1.54) is 6.42 Å². The van der Waals surface area contributed by atoms with Crippen LogP contribution in [0, 0.1) is 22.7 Å². The predicted octanol–water partition coefficient (Wildman–Crippen LogP) is 2.31. The molecule has 0 aliphatic heterocycles. The minimum atomic E-state index is -0.362. The van der Waals surface area contributed by atoms with Gasteiger partial charge in [0, 0.05) is 7.11 Å². The third-order valence-corrected chi connectivity index (χ3v) is 2.75. The Morgan fingerprint density at radius 1 is 1.21 bits per heavy atom. The summed E-state index contributed by atoms with van der Waals surface area (Å²) in [6, 6.07) is 3.76. The van der Waals surface area contributed by atoms with Crippen LogP contribution < -0.4 is 0 Å². The smallest absolute Gasteiger partial charge is 0.128 e. The summed E-state index contributed by atoms with van der Waals surface area (Å²) >= 11 is 0. The zero-order chi connectivity index (χ0) is 10.4. The van der Waals surface area contributed by atoms with Crippen molar-refractivity contribution in [2.75, 3.05) is 7.11 Å². The minimum Gasteiger partial charge on any atom is -0.374 e. The maximum atomic E-state index is 8.67. The van der Waals surface area contributed by atoms with E-state index < -0.39 is 0 Å². The molecule has 14 heavy (non-hydrogen) atoms. The van der Waals surface area contributed by atoms with Gasteiger partial charge < -0.3 is 4.74 Å². The van der Waals surface area contributed by atoms with Crippen LogP contribution in [0.15, 0.2) is 11.6 Å². The summed E-state index contributed by atoms with van der Waals surface area (Å²) in [5, 5.41) is 17.3. The molecule has 0 amide bonds. The summed E-state index contributed by atoms with van der Waals surface area (Å²) in [5.41, 5.74) is -0.201. The molecule has 1 saturated carbocycles. The molecular weight excluding hydrogens is 176 g/mol. The fourth-order valence-electron chi connectivity index (χ4n) is 1.91. The Balaban J connectivity index is 2.85. The topological polar surface area (TPSA) is 56.8 Å². The average molecular weight is 190 g/mol. The summed E-state index contributed by atoms with van der Waals surface area (Å²) in [5.74, 6) is 0. The molecule has 3 nitrogen and oxygen atoms in total. The van der Waals surface area contributed by atoms with Gasteiger partial charge >= 0.3 is 0 Å². The van der Waals surface area contributed by atoms with Gasteiger partial charge in [0.2, 0.25) is 0 Å². The Kier molecular flexibility index (Phi) is 3.68. The first-order chi connectivity index (χ1) is 6.76. The van der Waals surface area contributed by atoms with Gasteiger partial charge in [-0.2, -0.15) is 10.5 Å². The van der Waals surface area contributed by atoms with Gasteiger partial charge in [-0.1, -0.05) is 19.3 Å². The summed E-state index contributed by atoms with van der Waals surface area (Å²) < 4.78 is 5.43. The number of methoxy groups -OCH3 is 1. The molecule has 0 spiro atoms. The fraction of sp³-hybridized carbons (Fsp3) is 0.636. The minimum absolute atomic E-state index is 0.161. The van der Waals surface area contributed by atoms with E-state index in [2.05, 4.69) is 0 Å². The molecule has 0 heterocycles. The zero-order valence-corrected chi connectivity index (χ0v) is 8.42. The Morgan fingerprint density at radius 2 is 1.79 bits per heavy atom. The van der Waals surface area contributed by atoms with E-state index in [1.807, 2.05) is 12.1 Å². The molecule has 0 atom stereocenters. The highest BCUT2D eigenvalue weighted by Crippen LogP contribution is 2.32. The van der Waals surface area contributed by atoms with Crippen LogP contribution in [-0.4, -0.2) is 12.7 Å². The van der Waals surface area contributed by atoms with Crippen molar-refractivity contribution in [2.45, 2.75) is 37.7 Å². The van der Waals surface area contributed by atoms with E-state index in [-0.39, 0.29) is 11.2 Å². The largest absolute Gasteiger partial charge is 0.374 e. The lowest BCUT2D eigenvalue weighted by molar-refractivity contribution is 0.00177. The van der Waals surface area contributed by atoms with Crippen LogP contribution in [0.25, 0.3) is 0 Å². The number of nitriles is 2. The van der Waals surface area contributed by atoms with E-state index in [9.17, 15) is 0 Å². The van der Waals surface area contributed by atoms with Crippen LogP contribution in [-0.2, 0) is 4.74 Å². The number of nitrogens with zero attached hydrogens (tertiary/aromatic N) is 2. The highest BCUT2D eigenvalue weighted by Gasteiger charge is 2.30. The van der Waals surface area contributed by atoms with E-state index in [0.29, 0.717) is 0 Å². The number of allylic oxidation sites excluding steroid dienone is 1. The maximum absolute atomic E-state index is 8.67. The van der Waals surface area contributed by atoms with Crippen LogP contribution in [0.1, 0.15) is 32.1 Å². The van der Waals surface area contributed by atoms with Crippen molar-refractivity contribution in [2.24, 2.45) is 0 Å². The Labute approximate surface area is 84.6 Å². The van der Waals surface area contributed by atoms with Crippen molar-refractivity contribution in [1.82, 2.24) is 0 Å². The summed E-state index contributed by atoms with van der Waals surface area (Å²) in [6.45, 7) is 0. The first kappa shape index (κ1) is 10.8. The maximum Gasteiger partial charge on any atom is 0.128 e. The highest BCUT2D eigenvalue weighted by molar-refractivity contribution is 5.37. The first-order valence-electron chi connectivity index (χ1n) is 4.84. The van der Waals surface area contributed by atoms with Crippen molar-refractivity contribution < 1.29 is 4.74 Å². The standard InChI is InChI=1S/C11H14N2O/c1-14-11(5-3-2-4-6-11)7-10(8-12)9-13/h7H,2-6H2,1H3. The van der Waals surface area contributed by atoms with Crippen LogP contribution in [0.5, 0.6) is 0 Å². The third kappa shape index (κ3) is 2.34. The fourth-order valence-corrected chi connectivity index (χ4v) is 1.91. The SMILES string of the molecule is COC1(C=C(C#N)C#N)CCCCC1. The van der Waals surface area contributed by atoms with E-state index >= 15 is 0 Å². The van der Waals surface area contributed by atoms with Gasteiger partial charge in [0.1, 0.15) is 17.7 Å². The number of hydrogen-bond donors (Lipinski definition) is 0. The molecule has 0 N–H and O–H groups in total. The molecule has 0 aromatic carbocycles. The number of ether oxygens (including phenoxy) is 1. The van der Waals surface area contributed by atoms with Gasteiger partial charge in [-0.15, -0.1) is 0 Å². The molecule has 1 fully saturated rings. The molecule has 1 rings (SSSR count). The van der Waals surface area contributed by atoms with Crippen molar-refractivity contribution in [1.29, 1.82) is 10.5 Å². The lowest BCUT2D eigenvalue weighted by atomic mass is 9.83. The molecule has 1 aliphatic rings. The molecule has 1 aliphatic carbocycles. The molecule has 0 bridgehead atoms. The van der Waals surface area contributed by atoms with Gasteiger partial charge in [-0.25, -0.2) is 0 Å². The van der Waals surface area contributed by atoms with Crippen molar-refractivity contribution in [3.05, 3.63) is 11.6 Å². The van der Waals surface area contributed by atoms with Crippen LogP contribution in [0.2, 0.25) is 0 Å². The Hall–Kier alpha value is -1.32. The number of hydrogen-bond acceptors (Lipinski definition) is 3. The Morgan fingerprint density at radius 3 is 2.21 bits per heavy atom. The summed E-state index contributed by atoms with van der Waals surface area (Å²) in [4.78, 5) is 0. The molecule has 0 aromatic rings. The van der Waals surface area contributed by atoms with Gasteiger partial charge in [0.25, 0.3) is 0 Å². The molecule has 0 aromatic heterocycles. The monoisotopic (exact) mass is 190 g/mol. The van der Waals surface area contributed by atoms with E-state index in [1.54, 1.807) is 13.2 Å². The van der Waals surface area contributed by atoms with Gasteiger partial charge in [-0.05, 0) is 18.9 Å². The molecule has 0 saturated heterocycles. The highest BCUT2D eigenvalue weighted by atomic mass is 16.5. The second-order valence-corrected chi connectivity index (χ2v) is 3.61. The second kappa shape index (κ2) is 4.79. The van der Waals surface area contributed by atoms with Crippen LogP contribution in [0.4, 0.5) is 0 Å². The number of rotatable bonds is 2. The second-order valence-electron chi connectivity index (χ2n) is 3.61. The lowest BCUT2D eigenvalue weighted by Crippen LogP contribution is -2.31. The van der Waals surface area contributed by atoms with Gasteiger partial charge in [-0.3, -0.25) is 0 Å². The quantitative estimate of drug-likeness (QED) is 0.628. The lowest BCUT2D eigenvalue weighted by Gasteiger charge is -2.33. The zero-order valence-electron chi connectivity index (χ0n) is 8.42. The van der Waals surface area contributed by atoms with Crippen molar-refractivity contribution in [3.63, 3.8) is 0 Å². The third-order valence-electron chi connectivity index (χ3n) is 2.75. The molecular formula is C11H14N2O. The van der Waals surface area contributed by atoms with Crippen LogP contribution >= 0.6 is 0 Å². The Bertz CT molecular complexity index is 284. The van der Waals surface area contributed by atoms with E-state index in [0.717, 1.165) is 25.7 Å². The molecule has 74 valence electrons. The van der Waals surface area contributed by atoms with Crippen molar-refractivity contribution in [3.8, 4) is 12.1 Å². The van der Waals surface area contributed by atoms with Gasteiger partial charge in [0.15, 0.2) is 0 Å². The summed E-state index contributed by atoms with van der Waals surface area (Å²) in [7, 11) is 1.65.